The van der Waals surface area contributed by atoms with Gasteiger partial charge in [-0.2, -0.15) is 5.10 Å². The minimum absolute atomic E-state index is 0.00328. The number of hydrazone groups is 1. The molecule has 0 atom stereocenters. The maximum atomic E-state index is 11.8. The van der Waals surface area contributed by atoms with E-state index in [1.54, 1.807) is 25.1 Å². The number of nitro benzene ring substituents is 1. The van der Waals surface area contributed by atoms with Crippen LogP contribution in [-0.4, -0.2) is 30.4 Å². The highest BCUT2D eigenvalue weighted by Crippen LogP contribution is 2.36. The average Bonchev–Trinajstić information content (AvgIpc) is 3.07. The lowest BCUT2D eigenvalue weighted by molar-refractivity contribution is -0.385. The van der Waals surface area contributed by atoms with E-state index in [0.29, 0.717) is 27.6 Å². The van der Waals surface area contributed by atoms with E-state index < -0.39 is 17.4 Å². The Hall–Kier alpha value is -3.33. The highest BCUT2D eigenvalue weighted by molar-refractivity contribution is 6.33. The van der Waals surface area contributed by atoms with Crippen LogP contribution in [-0.2, 0) is 4.79 Å². The molecule has 1 heterocycles. The van der Waals surface area contributed by atoms with Crippen molar-refractivity contribution in [3.05, 3.63) is 56.6 Å². The standard InChI is InChI=1S/C17H14ClN3O6/c1-10-2-3-14(13(4-10)21(23)24)25-8-17(22)20-19-7-11-5-15-16(6-12(11)18)27-9-26-15/h2-7H,8-9H2,1H3,(H,20,22)/b19-7+. The number of hydrogen-bond donors (Lipinski definition) is 1. The molecule has 1 N–H and O–H groups in total. The number of nitrogens with zero attached hydrogens (tertiary/aromatic N) is 2. The first kappa shape index (κ1) is 18.5. The Balaban J connectivity index is 1.58. The van der Waals surface area contributed by atoms with E-state index in [0.717, 1.165) is 0 Å². The fourth-order valence-electron chi connectivity index (χ4n) is 2.27. The van der Waals surface area contributed by atoms with Gasteiger partial charge in [0.2, 0.25) is 6.79 Å². The van der Waals surface area contributed by atoms with Gasteiger partial charge in [0.1, 0.15) is 0 Å². The van der Waals surface area contributed by atoms with E-state index in [-0.39, 0.29) is 18.2 Å². The molecule has 140 valence electrons. The lowest BCUT2D eigenvalue weighted by Gasteiger charge is -2.06. The maximum absolute atomic E-state index is 11.8. The van der Waals surface area contributed by atoms with Crippen molar-refractivity contribution >= 4 is 29.4 Å². The molecule has 10 heteroatoms. The van der Waals surface area contributed by atoms with E-state index >= 15 is 0 Å². The molecule has 0 saturated heterocycles. The number of carbonyl (C=O) groups excluding carboxylic acids is 1. The molecule has 2 aromatic rings. The van der Waals surface area contributed by atoms with Gasteiger partial charge >= 0.3 is 5.69 Å². The molecule has 3 rings (SSSR count). The van der Waals surface area contributed by atoms with Gasteiger partial charge in [-0.05, 0) is 24.6 Å². The number of hydrogen-bond acceptors (Lipinski definition) is 7. The van der Waals surface area contributed by atoms with Gasteiger partial charge < -0.3 is 14.2 Å². The maximum Gasteiger partial charge on any atom is 0.311 e. The fraction of sp³-hybridized carbons (Fsp3) is 0.176. The highest BCUT2D eigenvalue weighted by Gasteiger charge is 2.17. The summed E-state index contributed by atoms with van der Waals surface area (Å²) in [6.07, 6.45) is 1.34. The van der Waals surface area contributed by atoms with Gasteiger partial charge in [-0.25, -0.2) is 5.43 Å². The van der Waals surface area contributed by atoms with Crippen LogP contribution < -0.4 is 19.6 Å². The van der Waals surface area contributed by atoms with Gasteiger partial charge in [0.15, 0.2) is 23.9 Å². The molecular formula is C17H14ClN3O6. The number of carbonyl (C=O) groups is 1. The predicted molar refractivity (Wildman–Crippen MR) is 96.6 cm³/mol. The second-order valence-electron chi connectivity index (χ2n) is 5.54. The first-order valence-electron chi connectivity index (χ1n) is 7.73. The van der Waals surface area contributed by atoms with Crippen molar-refractivity contribution in [2.45, 2.75) is 6.92 Å². The van der Waals surface area contributed by atoms with Crippen molar-refractivity contribution in [2.24, 2.45) is 5.10 Å². The topological polar surface area (TPSA) is 112 Å². The minimum atomic E-state index is -0.585. The van der Waals surface area contributed by atoms with Crippen molar-refractivity contribution in [3.8, 4) is 17.2 Å². The molecule has 2 aromatic carbocycles. The summed E-state index contributed by atoms with van der Waals surface area (Å²) in [6.45, 7) is 1.40. The molecule has 0 aliphatic carbocycles. The molecule has 0 saturated carbocycles. The van der Waals surface area contributed by atoms with Crippen LogP contribution in [0, 0.1) is 17.0 Å². The summed E-state index contributed by atoms with van der Waals surface area (Å²) < 4.78 is 15.7. The molecule has 9 nitrogen and oxygen atoms in total. The van der Waals surface area contributed by atoms with Gasteiger partial charge in [-0.15, -0.1) is 0 Å². The first-order chi connectivity index (χ1) is 12.9. The van der Waals surface area contributed by atoms with Crippen LogP contribution in [0.2, 0.25) is 5.02 Å². The summed E-state index contributed by atoms with van der Waals surface area (Å²) in [5, 5.41) is 15.2. The van der Waals surface area contributed by atoms with Crippen LogP contribution in [0.25, 0.3) is 0 Å². The fourth-order valence-corrected chi connectivity index (χ4v) is 2.48. The monoisotopic (exact) mass is 391 g/mol. The Morgan fingerprint density at radius 1 is 1.37 bits per heavy atom. The molecule has 0 fully saturated rings. The first-order valence-corrected chi connectivity index (χ1v) is 8.10. The van der Waals surface area contributed by atoms with Crippen molar-refractivity contribution in [1.29, 1.82) is 0 Å². The second kappa shape index (κ2) is 7.92. The lowest BCUT2D eigenvalue weighted by atomic mass is 10.2. The molecule has 0 spiro atoms. The van der Waals surface area contributed by atoms with E-state index in [1.165, 1.54) is 18.3 Å². The number of amides is 1. The molecule has 27 heavy (non-hydrogen) atoms. The lowest BCUT2D eigenvalue weighted by Crippen LogP contribution is -2.24. The summed E-state index contributed by atoms with van der Waals surface area (Å²) in [7, 11) is 0. The van der Waals surface area contributed by atoms with Gasteiger partial charge in [-0.3, -0.25) is 14.9 Å². The van der Waals surface area contributed by atoms with Gasteiger partial charge in [0.05, 0.1) is 16.2 Å². The van der Waals surface area contributed by atoms with Crippen molar-refractivity contribution in [3.63, 3.8) is 0 Å². The smallest absolute Gasteiger partial charge is 0.311 e. The summed E-state index contributed by atoms with van der Waals surface area (Å²) in [6, 6.07) is 7.68. The number of aryl methyl sites for hydroxylation is 1. The van der Waals surface area contributed by atoms with Crippen LogP contribution in [0.4, 0.5) is 5.69 Å². The van der Waals surface area contributed by atoms with E-state index in [9.17, 15) is 14.9 Å². The zero-order chi connectivity index (χ0) is 19.4. The van der Waals surface area contributed by atoms with E-state index in [4.69, 9.17) is 25.8 Å². The molecule has 0 aromatic heterocycles. The van der Waals surface area contributed by atoms with Crippen LogP contribution >= 0.6 is 11.6 Å². The SMILES string of the molecule is Cc1ccc(OCC(=O)N/N=C/c2cc3c(cc2Cl)OCO3)c([N+](=O)[O-])c1. The zero-order valence-corrected chi connectivity index (χ0v) is 14.9. The number of benzene rings is 2. The predicted octanol–water partition coefficient (Wildman–Crippen LogP) is 2.81. The number of fused-ring (bicyclic) bond motifs is 1. The summed E-state index contributed by atoms with van der Waals surface area (Å²) in [5.74, 6) is 0.484. The van der Waals surface area contributed by atoms with Crippen LogP contribution in [0.15, 0.2) is 35.4 Å². The molecular weight excluding hydrogens is 378 g/mol. The summed E-state index contributed by atoms with van der Waals surface area (Å²) in [5.41, 5.74) is 3.29. The zero-order valence-electron chi connectivity index (χ0n) is 14.1. The minimum Gasteiger partial charge on any atom is -0.477 e. The quantitative estimate of drug-likeness (QED) is 0.460. The average molecular weight is 392 g/mol. The molecule has 1 aliphatic heterocycles. The van der Waals surface area contributed by atoms with Gasteiger partial charge in [0, 0.05) is 17.7 Å². The Morgan fingerprint density at radius 3 is 2.85 bits per heavy atom. The van der Waals surface area contributed by atoms with Crippen LogP contribution in [0.5, 0.6) is 17.2 Å². The summed E-state index contributed by atoms with van der Waals surface area (Å²) >= 11 is 6.10. The number of halogens is 1. The largest absolute Gasteiger partial charge is 0.477 e. The van der Waals surface area contributed by atoms with E-state index in [1.807, 2.05) is 0 Å². The Labute approximate surface area is 158 Å². The van der Waals surface area contributed by atoms with Gasteiger partial charge in [0.25, 0.3) is 5.91 Å². The van der Waals surface area contributed by atoms with Crippen molar-refractivity contribution in [1.82, 2.24) is 5.43 Å². The van der Waals surface area contributed by atoms with Crippen LogP contribution in [0.1, 0.15) is 11.1 Å². The van der Waals surface area contributed by atoms with Crippen LogP contribution in [0.3, 0.4) is 0 Å². The molecule has 1 aliphatic rings. The third-order valence-corrected chi connectivity index (χ3v) is 3.88. The number of ether oxygens (including phenoxy) is 3. The number of nitrogens with one attached hydrogen (secondary N) is 1. The molecule has 0 bridgehead atoms. The Bertz CT molecular complexity index is 931. The van der Waals surface area contributed by atoms with E-state index in [2.05, 4.69) is 10.5 Å². The normalized spacial score (nSPS) is 12.2. The second-order valence-corrected chi connectivity index (χ2v) is 5.94. The van der Waals surface area contributed by atoms with Crippen molar-refractivity contribution < 1.29 is 23.9 Å². The van der Waals surface area contributed by atoms with Crippen molar-refractivity contribution in [2.75, 3.05) is 13.4 Å². The Morgan fingerprint density at radius 2 is 2.11 bits per heavy atom. The highest BCUT2D eigenvalue weighted by atomic mass is 35.5. The third kappa shape index (κ3) is 4.45. The third-order valence-electron chi connectivity index (χ3n) is 3.55. The number of nitro groups is 1. The molecule has 0 radical (unpaired) electrons. The Kier molecular flexibility index (Phi) is 5.41. The molecule has 0 unspecified atom stereocenters. The molecule has 1 amide bonds. The number of rotatable bonds is 6. The van der Waals surface area contributed by atoms with Gasteiger partial charge in [-0.1, -0.05) is 17.7 Å². The summed E-state index contributed by atoms with van der Waals surface area (Å²) in [4.78, 5) is 22.3.